The molecule has 1 aliphatic heterocycles. The number of imidazole rings is 1. The van der Waals surface area contributed by atoms with E-state index in [0.717, 1.165) is 59.7 Å². The van der Waals surface area contributed by atoms with Crippen molar-refractivity contribution in [3.05, 3.63) is 59.0 Å². The van der Waals surface area contributed by atoms with Gasteiger partial charge in [0.1, 0.15) is 11.4 Å². The molecule has 1 aliphatic rings. The second-order valence-corrected chi connectivity index (χ2v) is 11.8. The lowest BCUT2D eigenvalue weighted by atomic mass is 9.86. The summed E-state index contributed by atoms with van der Waals surface area (Å²) in [6.45, 7) is 6.17. The van der Waals surface area contributed by atoms with Gasteiger partial charge in [0.25, 0.3) is 0 Å². The number of aromatic nitrogens is 3. The molecule has 44 heavy (non-hydrogen) atoms. The fraction of sp³-hybridized carbons (Fsp3) is 0.485. The van der Waals surface area contributed by atoms with Crippen LogP contribution >= 0.6 is 23.2 Å². The van der Waals surface area contributed by atoms with Crippen LogP contribution in [0.5, 0.6) is 0 Å². The van der Waals surface area contributed by atoms with E-state index in [9.17, 15) is 14.7 Å². The van der Waals surface area contributed by atoms with E-state index in [1.54, 1.807) is 0 Å². The highest BCUT2D eigenvalue weighted by Crippen LogP contribution is 2.42. The number of nitrogens with zero attached hydrogens (tertiary/aromatic N) is 3. The lowest BCUT2D eigenvalue weighted by Crippen LogP contribution is -2.37. The molecule has 0 saturated heterocycles. The third-order valence-electron chi connectivity index (χ3n) is 8.42. The average Bonchev–Trinajstić information content (AvgIpc) is 3.55. The van der Waals surface area contributed by atoms with Gasteiger partial charge in [0.2, 0.25) is 0 Å². The van der Waals surface area contributed by atoms with E-state index in [-0.39, 0.29) is 12.8 Å². The van der Waals surface area contributed by atoms with Crippen molar-refractivity contribution in [2.45, 2.75) is 64.4 Å². The van der Waals surface area contributed by atoms with Gasteiger partial charge in [-0.3, -0.25) is 9.59 Å². The summed E-state index contributed by atoms with van der Waals surface area (Å²) >= 11 is 11.7. The summed E-state index contributed by atoms with van der Waals surface area (Å²) in [6, 6.07) is 12.4. The zero-order valence-electron chi connectivity index (χ0n) is 25.7. The van der Waals surface area contributed by atoms with Crippen molar-refractivity contribution < 1.29 is 24.5 Å². The number of aromatic amines is 1. The summed E-state index contributed by atoms with van der Waals surface area (Å²) in [5, 5.41) is 19.2. The highest BCUT2D eigenvalue weighted by molar-refractivity contribution is 6.18. The first-order valence-corrected chi connectivity index (χ1v) is 16.3. The molecular formula is C33H42Cl2N4O5. The van der Waals surface area contributed by atoms with E-state index in [1.165, 1.54) is 16.5 Å². The van der Waals surface area contributed by atoms with E-state index in [0.29, 0.717) is 37.6 Å². The average molecular weight is 646 g/mol. The van der Waals surface area contributed by atoms with Crippen LogP contribution in [-0.2, 0) is 46.2 Å². The molecule has 0 aliphatic carbocycles. The number of aryl methyl sites for hydroxylation is 3. The third-order valence-corrected chi connectivity index (χ3v) is 8.76. The standard InChI is InChI=1S/C17H21NO3.C16H21Cl2N3O2/c1-3-11-6-5-7-12-13-8-9-21-17(4-2,10-14(19)20)16(13)18-15(11)12;1-20-14-6-5-12(21(9-7-17)10-8-18)11-13(14)19-15(20)3-2-4-16(22)23/h5-7,18H,3-4,8-10H2,1-2H3,(H,19,20);5-6,11H,2-4,7-10H2,1H3,(H,22,23)/t17-;/m1./s1. The molecule has 0 unspecified atom stereocenters. The highest BCUT2D eigenvalue weighted by Gasteiger charge is 2.40. The number of fused-ring (bicyclic) bond motifs is 4. The number of carboxylic acid groups (broad SMARTS) is 2. The maximum absolute atomic E-state index is 11.3. The first kappa shape index (κ1) is 33.6. The predicted octanol–water partition coefficient (Wildman–Crippen LogP) is 6.65. The Morgan fingerprint density at radius 1 is 1.11 bits per heavy atom. The van der Waals surface area contributed by atoms with Crippen LogP contribution in [0.3, 0.4) is 0 Å². The molecule has 11 heteroatoms. The lowest BCUT2D eigenvalue weighted by molar-refractivity contribution is -0.148. The molecule has 238 valence electrons. The van der Waals surface area contributed by atoms with Crippen molar-refractivity contribution in [3.63, 3.8) is 0 Å². The summed E-state index contributed by atoms with van der Waals surface area (Å²) < 4.78 is 7.97. The molecule has 2 aromatic heterocycles. The molecule has 0 bridgehead atoms. The summed E-state index contributed by atoms with van der Waals surface area (Å²) in [6.07, 6.45) is 3.85. The molecule has 0 amide bonds. The monoisotopic (exact) mass is 644 g/mol. The quantitative estimate of drug-likeness (QED) is 0.139. The van der Waals surface area contributed by atoms with Gasteiger partial charge in [-0.2, -0.15) is 0 Å². The summed E-state index contributed by atoms with van der Waals surface area (Å²) in [4.78, 5) is 32.2. The highest BCUT2D eigenvalue weighted by atomic mass is 35.5. The van der Waals surface area contributed by atoms with Crippen LogP contribution in [0.1, 0.15) is 62.2 Å². The number of alkyl halides is 2. The van der Waals surface area contributed by atoms with Crippen molar-refractivity contribution in [1.82, 2.24) is 14.5 Å². The molecule has 0 spiro atoms. The Kier molecular flexibility index (Phi) is 11.6. The Balaban J connectivity index is 0.000000201. The number of hydrogen-bond acceptors (Lipinski definition) is 5. The number of hydrogen-bond donors (Lipinski definition) is 3. The lowest BCUT2D eigenvalue weighted by Gasteiger charge is -2.35. The zero-order chi connectivity index (χ0) is 31.9. The van der Waals surface area contributed by atoms with Crippen LogP contribution in [0.2, 0.25) is 0 Å². The van der Waals surface area contributed by atoms with Crippen LogP contribution in [0.25, 0.3) is 21.9 Å². The minimum absolute atomic E-state index is 0.00474. The van der Waals surface area contributed by atoms with E-state index in [4.69, 9.17) is 33.0 Å². The van der Waals surface area contributed by atoms with Crippen molar-refractivity contribution >= 4 is 62.8 Å². The number of benzene rings is 2. The number of aliphatic carboxylic acids is 2. The second kappa shape index (κ2) is 15.1. The molecular weight excluding hydrogens is 603 g/mol. The first-order valence-electron chi connectivity index (χ1n) is 15.2. The van der Waals surface area contributed by atoms with Crippen LogP contribution < -0.4 is 4.90 Å². The van der Waals surface area contributed by atoms with E-state index >= 15 is 0 Å². The number of ether oxygens (including phenoxy) is 1. The van der Waals surface area contributed by atoms with Crippen LogP contribution in [0.15, 0.2) is 36.4 Å². The van der Waals surface area contributed by atoms with Crippen LogP contribution in [-0.4, -0.2) is 68.1 Å². The Hall–Kier alpha value is -3.27. The smallest absolute Gasteiger partial charge is 0.306 e. The Morgan fingerprint density at radius 2 is 1.86 bits per heavy atom. The van der Waals surface area contributed by atoms with Gasteiger partial charge in [-0.1, -0.05) is 32.0 Å². The van der Waals surface area contributed by atoms with Gasteiger partial charge in [-0.25, -0.2) is 4.98 Å². The van der Waals surface area contributed by atoms with Gasteiger partial charge in [0, 0.05) is 61.3 Å². The fourth-order valence-corrected chi connectivity index (χ4v) is 6.52. The minimum Gasteiger partial charge on any atom is -0.481 e. The molecule has 9 nitrogen and oxygen atoms in total. The van der Waals surface area contributed by atoms with Crippen molar-refractivity contribution in [3.8, 4) is 0 Å². The van der Waals surface area contributed by atoms with E-state index in [1.807, 2.05) is 36.7 Å². The molecule has 4 aromatic rings. The number of halogens is 2. The molecule has 0 radical (unpaired) electrons. The van der Waals surface area contributed by atoms with Crippen LogP contribution in [0.4, 0.5) is 5.69 Å². The van der Waals surface area contributed by atoms with E-state index in [2.05, 4.69) is 40.0 Å². The maximum Gasteiger partial charge on any atom is 0.306 e. The number of carboxylic acids is 2. The largest absolute Gasteiger partial charge is 0.481 e. The first-order chi connectivity index (χ1) is 21.2. The molecule has 5 rings (SSSR count). The number of nitrogens with one attached hydrogen (secondary N) is 1. The number of H-pyrrole nitrogens is 1. The van der Waals surface area contributed by atoms with Gasteiger partial charge in [-0.15, -0.1) is 23.2 Å². The summed E-state index contributed by atoms with van der Waals surface area (Å²) in [5.74, 6) is 0.386. The van der Waals surface area contributed by atoms with E-state index < -0.39 is 17.5 Å². The molecule has 0 fully saturated rings. The normalized spacial score (nSPS) is 16.0. The Labute approximate surface area is 268 Å². The van der Waals surface area contributed by atoms with Gasteiger partial charge in [0.15, 0.2) is 0 Å². The molecule has 3 N–H and O–H groups in total. The molecule has 1 atom stereocenters. The number of rotatable bonds is 13. The number of anilines is 1. The predicted molar refractivity (Wildman–Crippen MR) is 176 cm³/mol. The summed E-state index contributed by atoms with van der Waals surface area (Å²) in [5.41, 5.74) is 6.88. The third kappa shape index (κ3) is 7.33. The Morgan fingerprint density at radius 3 is 2.50 bits per heavy atom. The zero-order valence-corrected chi connectivity index (χ0v) is 27.2. The SMILES string of the molecule is CCc1cccc2c3c([nH]c12)[C@@](CC)(CC(=O)O)OCC3.Cn1c(CCCC(=O)O)nc2cc(N(CCCl)CCCl)ccc21. The van der Waals surface area contributed by atoms with Gasteiger partial charge >= 0.3 is 11.9 Å². The van der Waals surface area contributed by atoms with Crippen LogP contribution in [0, 0.1) is 0 Å². The summed E-state index contributed by atoms with van der Waals surface area (Å²) in [7, 11) is 1.96. The fourth-order valence-electron chi connectivity index (χ4n) is 6.12. The maximum atomic E-state index is 11.3. The second-order valence-electron chi connectivity index (χ2n) is 11.1. The molecule has 0 saturated carbocycles. The van der Waals surface area contributed by atoms with Gasteiger partial charge in [0.05, 0.1) is 29.8 Å². The Bertz CT molecular complexity index is 1590. The van der Waals surface area contributed by atoms with Crippen molar-refractivity contribution in [2.75, 3.05) is 36.4 Å². The van der Waals surface area contributed by atoms with Crippen molar-refractivity contribution in [1.29, 1.82) is 0 Å². The minimum atomic E-state index is -0.820. The molecule has 2 aromatic carbocycles. The van der Waals surface area contributed by atoms with Crippen molar-refractivity contribution in [2.24, 2.45) is 7.05 Å². The molecule has 3 heterocycles. The van der Waals surface area contributed by atoms with Gasteiger partial charge < -0.3 is 29.4 Å². The number of carbonyl (C=O) groups is 2. The van der Waals surface area contributed by atoms with Gasteiger partial charge in [-0.05, 0) is 55.0 Å². The topological polar surface area (TPSA) is 121 Å². The number of para-hydroxylation sites is 1.